The van der Waals surface area contributed by atoms with E-state index in [1.54, 1.807) is 24.3 Å². The van der Waals surface area contributed by atoms with Gasteiger partial charge in [-0.15, -0.1) is 29.8 Å². The van der Waals surface area contributed by atoms with Crippen LogP contribution in [0.1, 0.15) is 27.2 Å². The van der Waals surface area contributed by atoms with Crippen LogP contribution in [0.15, 0.2) is 79.1 Å². The molecule has 0 saturated carbocycles. The molecule has 2 aromatic carbocycles. The molecule has 0 aliphatic carbocycles. The van der Waals surface area contributed by atoms with Gasteiger partial charge in [0, 0.05) is 33.5 Å². The Balaban J connectivity index is 0.000000408. The molecule has 0 saturated heterocycles. The van der Waals surface area contributed by atoms with Gasteiger partial charge in [0.15, 0.2) is 0 Å². The Morgan fingerprint density at radius 3 is 1.84 bits per heavy atom. The number of aryl methyl sites for hydroxylation is 1. The van der Waals surface area contributed by atoms with Gasteiger partial charge in [-0.05, 0) is 54.1 Å². The van der Waals surface area contributed by atoms with Crippen LogP contribution in [-0.4, -0.2) is 21.0 Å². The maximum atomic E-state index is 13.6. The Kier molecular flexibility index (Phi) is 9.75. The van der Waals surface area contributed by atoms with E-state index in [0.717, 1.165) is 12.1 Å². The summed E-state index contributed by atoms with van der Waals surface area (Å²) in [5.41, 5.74) is -3.57. The first-order valence-electron chi connectivity index (χ1n) is 10.3. The number of hydrogen-bond acceptors (Lipinski definition) is 3. The molecule has 4 nitrogen and oxygen atoms in total. The van der Waals surface area contributed by atoms with E-state index in [4.69, 9.17) is 5.11 Å². The third kappa shape index (κ3) is 7.49. The number of halogens is 6. The maximum absolute atomic E-state index is 13.6. The number of carboxylic acids is 1. The van der Waals surface area contributed by atoms with Gasteiger partial charge >= 0.3 is 18.3 Å². The molecule has 0 amide bonds. The number of carboxylic acid groups (broad SMARTS) is 1. The van der Waals surface area contributed by atoms with Gasteiger partial charge in [-0.25, -0.2) is 9.78 Å². The minimum atomic E-state index is -4.96. The third-order valence-corrected chi connectivity index (χ3v) is 4.82. The number of aromatic nitrogens is 2. The number of rotatable bonds is 3. The molecule has 0 aliphatic rings. The van der Waals surface area contributed by atoms with Crippen molar-refractivity contribution in [2.75, 3.05) is 0 Å². The van der Waals surface area contributed by atoms with Crippen molar-refractivity contribution in [3.05, 3.63) is 108 Å². The number of pyridine rings is 2. The van der Waals surface area contributed by atoms with Crippen molar-refractivity contribution in [3.8, 4) is 22.4 Å². The predicted octanol–water partition coefficient (Wildman–Crippen LogP) is 7.34. The van der Waals surface area contributed by atoms with Crippen molar-refractivity contribution in [3.63, 3.8) is 0 Å². The van der Waals surface area contributed by atoms with Gasteiger partial charge in [-0.1, -0.05) is 23.8 Å². The molecule has 0 spiro atoms. The van der Waals surface area contributed by atoms with E-state index in [1.165, 1.54) is 49.6 Å². The van der Waals surface area contributed by atoms with Gasteiger partial charge in [0.25, 0.3) is 0 Å². The monoisotopic (exact) mass is 698 g/mol. The van der Waals surface area contributed by atoms with Gasteiger partial charge in [-0.2, -0.15) is 26.3 Å². The third-order valence-electron chi connectivity index (χ3n) is 4.82. The van der Waals surface area contributed by atoms with Gasteiger partial charge in [0.2, 0.25) is 0 Å². The number of hydrogen-bond donors (Lipinski definition) is 1. The summed E-state index contributed by atoms with van der Waals surface area (Å²) >= 11 is 0. The zero-order chi connectivity index (χ0) is 26.5. The number of nitrogens with zero attached hydrogens (tertiary/aromatic N) is 2. The average molecular weight is 699 g/mol. The van der Waals surface area contributed by atoms with Crippen LogP contribution in [0.3, 0.4) is 0 Å². The molecule has 37 heavy (non-hydrogen) atoms. The molecule has 0 radical (unpaired) electrons. The van der Waals surface area contributed by atoms with Gasteiger partial charge < -0.3 is 10.1 Å². The van der Waals surface area contributed by atoms with Crippen LogP contribution in [0.2, 0.25) is 0 Å². The van der Waals surface area contributed by atoms with Crippen molar-refractivity contribution in [1.29, 1.82) is 0 Å². The van der Waals surface area contributed by atoms with Crippen molar-refractivity contribution in [1.82, 2.24) is 9.97 Å². The molecule has 2 heterocycles. The summed E-state index contributed by atoms with van der Waals surface area (Å²) in [6.45, 7) is 1.20. The largest absolute Gasteiger partial charge is 0.477 e. The number of benzene rings is 2. The number of carbonyl (C=O) groups is 1. The molecule has 0 unspecified atom stereocenters. The molecule has 1 N–H and O–H groups in total. The summed E-state index contributed by atoms with van der Waals surface area (Å²) in [6.07, 6.45) is -7.06. The van der Waals surface area contributed by atoms with Crippen LogP contribution in [0, 0.1) is 13.0 Å². The van der Waals surface area contributed by atoms with Crippen LogP contribution < -0.4 is 0 Å². The zero-order valence-electron chi connectivity index (χ0n) is 18.8. The summed E-state index contributed by atoms with van der Waals surface area (Å²) in [6, 6.07) is 17.6. The second-order valence-corrected chi connectivity index (χ2v) is 7.42. The Hall–Kier alpha value is -3.52. The minimum absolute atomic E-state index is 0. The Bertz CT molecular complexity index is 1310. The van der Waals surface area contributed by atoms with Crippen molar-refractivity contribution < 1.29 is 57.3 Å². The van der Waals surface area contributed by atoms with E-state index in [9.17, 15) is 31.1 Å². The first-order chi connectivity index (χ1) is 16.9. The molecule has 196 valence electrons. The summed E-state index contributed by atoms with van der Waals surface area (Å²) in [5.74, 6) is -0.990. The SMILES string of the molecule is Cc1cc(C(F)(F)F)c(-c2ccc[c-]c2-c2ccccn2)c(C(F)(F)F)c1.O=C(O)c1ccccn1.[Pt]. The summed E-state index contributed by atoms with van der Waals surface area (Å²) in [4.78, 5) is 17.8. The van der Waals surface area contributed by atoms with Gasteiger partial charge in [-0.3, -0.25) is 0 Å². The van der Waals surface area contributed by atoms with E-state index in [2.05, 4.69) is 16.0 Å². The fraction of sp³-hybridized carbons (Fsp3) is 0.115. The van der Waals surface area contributed by atoms with E-state index in [-0.39, 0.29) is 49.1 Å². The summed E-state index contributed by atoms with van der Waals surface area (Å²) in [7, 11) is 0. The molecular weight excluding hydrogens is 681 g/mol. The van der Waals surface area contributed by atoms with E-state index < -0.39 is 35.0 Å². The fourth-order valence-electron chi connectivity index (χ4n) is 3.38. The second-order valence-electron chi connectivity index (χ2n) is 7.42. The van der Waals surface area contributed by atoms with Gasteiger partial charge in [0.1, 0.15) is 5.69 Å². The first kappa shape index (κ1) is 29.7. The summed E-state index contributed by atoms with van der Waals surface area (Å²) < 4.78 is 81.7. The molecule has 11 heteroatoms. The van der Waals surface area contributed by atoms with Gasteiger partial charge in [0.05, 0.1) is 11.1 Å². The molecule has 4 aromatic rings. The quantitative estimate of drug-likeness (QED) is 0.180. The first-order valence-corrected chi connectivity index (χ1v) is 10.3. The van der Waals surface area contributed by atoms with E-state index in [0.29, 0.717) is 0 Å². The Morgan fingerprint density at radius 2 is 1.41 bits per heavy atom. The van der Waals surface area contributed by atoms with Crippen molar-refractivity contribution in [2.24, 2.45) is 0 Å². The van der Waals surface area contributed by atoms with Crippen LogP contribution in [0.25, 0.3) is 22.4 Å². The van der Waals surface area contributed by atoms with Crippen molar-refractivity contribution >= 4 is 5.97 Å². The average Bonchev–Trinajstić information content (AvgIpc) is 2.84. The molecular formula is C26H17F6N2O2Pt-. The second kappa shape index (κ2) is 12.1. The standard InChI is InChI=1S/C20H12F6N.C6H5NO2.Pt/c1-12-10-15(19(21,22)23)18(16(11-12)20(24,25)26)14-7-3-2-6-13(14)17-8-4-5-9-27-17;8-6(9)5-3-1-2-4-7-5;/h2-5,7-11H,1H3;1-4H,(H,8,9);/q-1;;. The predicted molar refractivity (Wildman–Crippen MR) is 120 cm³/mol. The Labute approximate surface area is 222 Å². The van der Waals surface area contributed by atoms with Crippen LogP contribution >= 0.6 is 0 Å². The number of alkyl halides is 6. The smallest absolute Gasteiger partial charge is 0.416 e. The molecule has 0 fully saturated rings. The molecule has 2 aromatic heterocycles. The number of aromatic carboxylic acids is 1. The minimum Gasteiger partial charge on any atom is -0.477 e. The normalized spacial score (nSPS) is 11.1. The maximum Gasteiger partial charge on any atom is 0.416 e. The topological polar surface area (TPSA) is 63.1 Å². The molecule has 0 atom stereocenters. The van der Waals surface area contributed by atoms with E-state index in [1.807, 2.05) is 0 Å². The molecule has 4 rings (SSSR count). The van der Waals surface area contributed by atoms with Crippen LogP contribution in [0.4, 0.5) is 26.3 Å². The molecule has 0 aliphatic heterocycles. The molecule has 0 bridgehead atoms. The van der Waals surface area contributed by atoms with Crippen molar-refractivity contribution in [2.45, 2.75) is 19.3 Å². The van der Waals surface area contributed by atoms with Crippen LogP contribution in [0.5, 0.6) is 0 Å². The fourth-order valence-corrected chi connectivity index (χ4v) is 3.38. The van der Waals surface area contributed by atoms with Crippen LogP contribution in [-0.2, 0) is 33.4 Å². The zero-order valence-corrected chi connectivity index (χ0v) is 21.1. The van der Waals surface area contributed by atoms with E-state index >= 15 is 0 Å². The Morgan fingerprint density at radius 1 is 0.838 bits per heavy atom. The summed E-state index contributed by atoms with van der Waals surface area (Å²) in [5, 5.41) is 8.32.